The van der Waals surface area contributed by atoms with E-state index >= 15 is 0 Å². The Morgan fingerprint density at radius 1 is 1.00 bits per heavy atom. The predicted molar refractivity (Wildman–Crippen MR) is 127 cm³/mol. The standard InChI is InChI=1S/C23H19Cl2N5OS/c1-29(14-16-8-7-12-19(24)22(16)25)23(31)18-11-5-6-13-20(18)32-15-21-26-27-28-30(21)17-9-3-2-4-10-17/h2-13H,14-15H2,1H3. The summed E-state index contributed by atoms with van der Waals surface area (Å²) in [7, 11) is 1.75. The van der Waals surface area contributed by atoms with Gasteiger partial charge in [-0.1, -0.05) is 65.7 Å². The Balaban J connectivity index is 1.50. The van der Waals surface area contributed by atoms with E-state index < -0.39 is 0 Å². The molecule has 1 amide bonds. The average molecular weight is 484 g/mol. The number of halogens is 2. The number of thioether (sulfide) groups is 1. The topological polar surface area (TPSA) is 63.9 Å². The van der Waals surface area contributed by atoms with Crippen molar-refractivity contribution in [1.82, 2.24) is 25.1 Å². The van der Waals surface area contributed by atoms with Crippen molar-refractivity contribution in [2.75, 3.05) is 7.05 Å². The minimum Gasteiger partial charge on any atom is -0.337 e. The predicted octanol–water partition coefficient (Wildman–Crippen LogP) is 5.53. The van der Waals surface area contributed by atoms with Crippen LogP contribution in [0.4, 0.5) is 0 Å². The summed E-state index contributed by atoms with van der Waals surface area (Å²) in [6.45, 7) is 0.351. The lowest BCUT2D eigenvalue weighted by Gasteiger charge is -2.20. The quantitative estimate of drug-likeness (QED) is 0.323. The van der Waals surface area contributed by atoms with Crippen LogP contribution in [0.3, 0.4) is 0 Å². The number of tetrazole rings is 1. The van der Waals surface area contributed by atoms with Gasteiger partial charge in [0, 0.05) is 18.5 Å². The third-order valence-electron chi connectivity index (χ3n) is 4.79. The summed E-state index contributed by atoms with van der Waals surface area (Å²) >= 11 is 13.9. The Morgan fingerprint density at radius 3 is 2.56 bits per heavy atom. The summed E-state index contributed by atoms with van der Waals surface area (Å²) in [5, 5.41) is 13.0. The van der Waals surface area contributed by atoms with Gasteiger partial charge in [0.05, 0.1) is 27.0 Å². The Kier molecular flexibility index (Phi) is 7.09. The van der Waals surface area contributed by atoms with Crippen LogP contribution in [0.15, 0.2) is 77.7 Å². The van der Waals surface area contributed by atoms with Crippen LogP contribution in [0.1, 0.15) is 21.7 Å². The summed E-state index contributed by atoms with van der Waals surface area (Å²) in [4.78, 5) is 15.7. The zero-order valence-corrected chi connectivity index (χ0v) is 19.5. The maximum absolute atomic E-state index is 13.2. The molecule has 9 heteroatoms. The van der Waals surface area contributed by atoms with Crippen LogP contribution in [0.5, 0.6) is 0 Å². The second-order valence-electron chi connectivity index (χ2n) is 7.00. The molecule has 4 rings (SSSR count). The molecule has 162 valence electrons. The maximum atomic E-state index is 13.2. The molecule has 0 atom stereocenters. The smallest absolute Gasteiger partial charge is 0.255 e. The first kappa shape index (κ1) is 22.3. The van der Waals surface area contributed by atoms with E-state index in [2.05, 4.69) is 15.5 Å². The van der Waals surface area contributed by atoms with E-state index in [1.165, 1.54) is 11.8 Å². The number of amides is 1. The van der Waals surface area contributed by atoms with E-state index in [0.29, 0.717) is 33.7 Å². The lowest BCUT2D eigenvalue weighted by atomic mass is 10.1. The van der Waals surface area contributed by atoms with Crippen LogP contribution in [0.2, 0.25) is 10.0 Å². The van der Waals surface area contributed by atoms with Crippen molar-refractivity contribution in [2.24, 2.45) is 0 Å². The Bertz CT molecular complexity index is 1230. The van der Waals surface area contributed by atoms with Crippen molar-refractivity contribution >= 4 is 40.9 Å². The third-order valence-corrected chi connectivity index (χ3v) is 6.72. The van der Waals surface area contributed by atoms with Gasteiger partial charge in [-0.25, -0.2) is 0 Å². The number of hydrogen-bond donors (Lipinski definition) is 0. The fourth-order valence-corrected chi connectivity index (χ4v) is 4.51. The van der Waals surface area contributed by atoms with E-state index in [-0.39, 0.29) is 5.91 Å². The van der Waals surface area contributed by atoms with E-state index in [1.54, 1.807) is 22.7 Å². The molecule has 0 N–H and O–H groups in total. The first-order valence-electron chi connectivity index (χ1n) is 9.77. The van der Waals surface area contributed by atoms with Crippen LogP contribution in [0, 0.1) is 0 Å². The van der Waals surface area contributed by atoms with E-state index in [1.807, 2.05) is 66.7 Å². The molecule has 0 spiro atoms. The molecule has 1 aromatic heterocycles. The van der Waals surface area contributed by atoms with Crippen molar-refractivity contribution in [3.8, 4) is 5.69 Å². The molecule has 0 bridgehead atoms. The number of hydrogen-bond acceptors (Lipinski definition) is 5. The minimum absolute atomic E-state index is 0.105. The Morgan fingerprint density at radius 2 is 1.75 bits per heavy atom. The second kappa shape index (κ2) is 10.2. The molecule has 4 aromatic rings. The van der Waals surface area contributed by atoms with Crippen LogP contribution < -0.4 is 0 Å². The van der Waals surface area contributed by atoms with Gasteiger partial charge in [-0.15, -0.1) is 16.9 Å². The molecule has 0 aliphatic heterocycles. The van der Waals surface area contributed by atoms with Gasteiger partial charge in [-0.3, -0.25) is 4.79 Å². The monoisotopic (exact) mass is 483 g/mol. The molecule has 0 aliphatic rings. The van der Waals surface area contributed by atoms with Crippen molar-refractivity contribution in [3.05, 3.63) is 99.8 Å². The van der Waals surface area contributed by atoms with E-state index in [0.717, 1.165) is 16.1 Å². The Hall–Kier alpha value is -2.87. The number of para-hydroxylation sites is 1. The van der Waals surface area contributed by atoms with Gasteiger partial charge in [0.25, 0.3) is 5.91 Å². The number of nitrogens with zero attached hydrogens (tertiary/aromatic N) is 5. The van der Waals surface area contributed by atoms with Crippen molar-refractivity contribution in [2.45, 2.75) is 17.2 Å². The lowest BCUT2D eigenvalue weighted by Crippen LogP contribution is -2.26. The number of rotatable bonds is 7. The summed E-state index contributed by atoms with van der Waals surface area (Å²) in [6, 6.07) is 22.6. The molecule has 32 heavy (non-hydrogen) atoms. The van der Waals surface area contributed by atoms with Gasteiger partial charge in [-0.2, -0.15) is 4.68 Å². The number of carbonyl (C=O) groups is 1. The highest BCUT2D eigenvalue weighted by atomic mass is 35.5. The molecular weight excluding hydrogens is 465 g/mol. The van der Waals surface area contributed by atoms with Gasteiger partial charge in [-0.05, 0) is 46.3 Å². The summed E-state index contributed by atoms with van der Waals surface area (Å²) < 4.78 is 1.70. The fourth-order valence-electron chi connectivity index (χ4n) is 3.18. The van der Waals surface area contributed by atoms with Crippen LogP contribution in [-0.2, 0) is 12.3 Å². The molecule has 0 fully saturated rings. The normalized spacial score (nSPS) is 10.8. The first-order valence-corrected chi connectivity index (χ1v) is 11.5. The molecule has 0 unspecified atom stereocenters. The molecule has 3 aromatic carbocycles. The SMILES string of the molecule is CN(Cc1cccc(Cl)c1Cl)C(=O)c1ccccc1SCc1nnnn1-c1ccccc1. The molecule has 0 saturated carbocycles. The molecule has 0 saturated heterocycles. The third kappa shape index (κ3) is 4.96. The lowest BCUT2D eigenvalue weighted by molar-refractivity contribution is 0.0781. The van der Waals surface area contributed by atoms with Crippen LogP contribution >= 0.6 is 35.0 Å². The van der Waals surface area contributed by atoms with Gasteiger partial charge in [0.1, 0.15) is 0 Å². The highest BCUT2D eigenvalue weighted by Crippen LogP contribution is 2.29. The average Bonchev–Trinajstić information content (AvgIpc) is 3.29. The molecule has 0 aliphatic carbocycles. The van der Waals surface area contributed by atoms with Gasteiger partial charge < -0.3 is 4.90 Å². The van der Waals surface area contributed by atoms with Gasteiger partial charge in [0.15, 0.2) is 5.82 Å². The summed E-state index contributed by atoms with van der Waals surface area (Å²) in [5.74, 6) is 1.10. The van der Waals surface area contributed by atoms with Crippen LogP contribution in [-0.4, -0.2) is 38.1 Å². The Labute approximate surface area is 200 Å². The largest absolute Gasteiger partial charge is 0.337 e. The zero-order chi connectivity index (χ0) is 22.5. The highest BCUT2D eigenvalue weighted by Gasteiger charge is 2.18. The van der Waals surface area contributed by atoms with Crippen LogP contribution in [0.25, 0.3) is 5.69 Å². The van der Waals surface area contributed by atoms with Crippen molar-refractivity contribution < 1.29 is 4.79 Å². The molecule has 1 heterocycles. The molecule has 6 nitrogen and oxygen atoms in total. The number of carbonyl (C=O) groups excluding carboxylic acids is 1. The highest BCUT2D eigenvalue weighted by molar-refractivity contribution is 7.98. The first-order chi connectivity index (χ1) is 15.5. The second-order valence-corrected chi connectivity index (χ2v) is 8.80. The van der Waals surface area contributed by atoms with Crippen molar-refractivity contribution in [1.29, 1.82) is 0 Å². The molecule has 0 radical (unpaired) electrons. The minimum atomic E-state index is -0.105. The maximum Gasteiger partial charge on any atom is 0.255 e. The molecular formula is C23H19Cl2N5OS. The van der Waals surface area contributed by atoms with E-state index in [4.69, 9.17) is 23.2 Å². The van der Waals surface area contributed by atoms with E-state index in [9.17, 15) is 4.79 Å². The summed E-state index contributed by atoms with van der Waals surface area (Å²) in [5.41, 5.74) is 2.29. The van der Waals surface area contributed by atoms with Gasteiger partial charge in [0.2, 0.25) is 0 Å². The zero-order valence-electron chi connectivity index (χ0n) is 17.2. The fraction of sp³-hybridized carbons (Fsp3) is 0.130. The van der Waals surface area contributed by atoms with Crippen molar-refractivity contribution in [3.63, 3.8) is 0 Å². The summed E-state index contributed by atoms with van der Waals surface area (Å²) in [6.07, 6.45) is 0. The van der Waals surface area contributed by atoms with Gasteiger partial charge >= 0.3 is 0 Å². The number of aromatic nitrogens is 4. The number of benzene rings is 3.